The topological polar surface area (TPSA) is 99.3 Å². The summed E-state index contributed by atoms with van der Waals surface area (Å²) in [5, 5.41) is 22.4. The van der Waals surface area contributed by atoms with Crippen LogP contribution in [0, 0.1) is 5.41 Å². The van der Waals surface area contributed by atoms with Gasteiger partial charge < -0.3 is 24.7 Å². The second kappa shape index (κ2) is 12.7. The summed E-state index contributed by atoms with van der Waals surface area (Å²) in [4.78, 5) is 2.12. The highest BCUT2D eigenvalue weighted by Crippen LogP contribution is 2.22. The van der Waals surface area contributed by atoms with Crippen LogP contribution < -0.4 is 15.4 Å². The highest BCUT2D eigenvalue weighted by molar-refractivity contribution is 7.98. The quantitative estimate of drug-likeness (QED) is 0.215. The molecule has 0 aliphatic heterocycles. The van der Waals surface area contributed by atoms with Crippen molar-refractivity contribution >= 4 is 23.4 Å². The molecule has 0 atom stereocenters. The number of thioether (sulfide) groups is 1. The minimum absolute atomic E-state index is 0.282. The first-order valence-electron chi connectivity index (χ1n) is 10.5. The smallest absolute Gasteiger partial charge is 0.247 e. The van der Waals surface area contributed by atoms with Gasteiger partial charge in [-0.15, -0.1) is 22.0 Å². The van der Waals surface area contributed by atoms with Gasteiger partial charge >= 0.3 is 0 Å². The molecule has 0 radical (unpaired) electrons. The van der Waals surface area contributed by atoms with E-state index >= 15 is 0 Å². The van der Waals surface area contributed by atoms with Gasteiger partial charge in [0.15, 0.2) is 5.96 Å². The number of nitrogens with one attached hydrogen (secondary N) is 3. The average Bonchev–Trinajstić information content (AvgIpc) is 3.26. The van der Waals surface area contributed by atoms with E-state index in [2.05, 4.69) is 25.7 Å². The Bertz CT molecular complexity index is 947. The van der Waals surface area contributed by atoms with Crippen LogP contribution in [0.2, 0.25) is 0 Å². The molecule has 2 aromatic carbocycles. The SMILES string of the molecule is CN(C)CCCNC(=N)Nc1ccc(-c2nnc(CSCCOc3ccccc3)o2)cc1. The summed E-state index contributed by atoms with van der Waals surface area (Å²) < 4.78 is 11.5. The summed E-state index contributed by atoms with van der Waals surface area (Å²) in [5.74, 6) is 3.72. The molecule has 170 valence electrons. The fourth-order valence-corrected chi connectivity index (χ4v) is 3.45. The average molecular weight is 455 g/mol. The first-order valence-corrected chi connectivity index (χ1v) is 11.7. The van der Waals surface area contributed by atoms with Crippen molar-refractivity contribution in [2.24, 2.45) is 0 Å². The van der Waals surface area contributed by atoms with Crippen molar-refractivity contribution in [2.75, 3.05) is 44.9 Å². The van der Waals surface area contributed by atoms with Crippen molar-refractivity contribution < 1.29 is 9.15 Å². The van der Waals surface area contributed by atoms with E-state index in [1.165, 1.54) is 0 Å². The number of hydrogen-bond donors (Lipinski definition) is 3. The van der Waals surface area contributed by atoms with Crippen LogP contribution in [0.25, 0.3) is 11.5 Å². The molecule has 3 rings (SSSR count). The molecule has 9 heteroatoms. The third-order valence-electron chi connectivity index (χ3n) is 4.42. The Morgan fingerprint density at radius 2 is 1.88 bits per heavy atom. The van der Waals surface area contributed by atoms with Gasteiger partial charge in [-0.05, 0) is 63.5 Å². The normalized spacial score (nSPS) is 10.8. The number of aromatic nitrogens is 2. The molecule has 0 fully saturated rings. The van der Waals surface area contributed by atoms with Crippen molar-refractivity contribution in [3.05, 3.63) is 60.5 Å². The first-order chi connectivity index (χ1) is 15.6. The molecule has 3 aromatic rings. The lowest BCUT2D eigenvalue weighted by Gasteiger charge is -2.12. The maximum atomic E-state index is 7.99. The Morgan fingerprint density at radius 3 is 2.62 bits per heavy atom. The fraction of sp³-hybridized carbons (Fsp3) is 0.348. The molecule has 0 saturated carbocycles. The molecule has 0 spiro atoms. The van der Waals surface area contributed by atoms with Crippen molar-refractivity contribution in [1.82, 2.24) is 20.4 Å². The van der Waals surface area contributed by atoms with Gasteiger partial charge in [0.2, 0.25) is 11.8 Å². The number of guanidine groups is 1. The van der Waals surface area contributed by atoms with Crippen molar-refractivity contribution in [3.63, 3.8) is 0 Å². The molecular weight excluding hydrogens is 424 g/mol. The lowest BCUT2D eigenvalue weighted by atomic mass is 10.2. The van der Waals surface area contributed by atoms with Crippen LogP contribution in [0.3, 0.4) is 0 Å². The highest BCUT2D eigenvalue weighted by Gasteiger charge is 2.09. The summed E-state index contributed by atoms with van der Waals surface area (Å²) in [5.41, 5.74) is 1.67. The van der Waals surface area contributed by atoms with Crippen molar-refractivity contribution in [2.45, 2.75) is 12.2 Å². The molecule has 3 N–H and O–H groups in total. The van der Waals surface area contributed by atoms with E-state index < -0.39 is 0 Å². The number of nitrogens with zero attached hydrogens (tertiary/aromatic N) is 3. The first kappa shape index (κ1) is 23.6. The van der Waals surface area contributed by atoms with Crippen LogP contribution in [0.5, 0.6) is 5.75 Å². The fourth-order valence-electron chi connectivity index (χ4n) is 2.82. The number of hydrogen-bond acceptors (Lipinski definition) is 7. The van der Waals surface area contributed by atoms with Crippen molar-refractivity contribution in [3.8, 4) is 17.2 Å². The number of anilines is 1. The molecule has 0 aliphatic rings. The van der Waals surface area contributed by atoms with Crippen LogP contribution in [0.1, 0.15) is 12.3 Å². The monoisotopic (exact) mass is 454 g/mol. The molecule has 0 unspecified atom stereocenters. The molecule has 0 amide bonds. The number of benzene rings is 2. The molecule has 8 nitrogen and oxygen atoms in total. The zero-order chi connectivity index (χ0) is 22.6. The summed E-state index contributed by atoms with van der Waals surface area (Å²) in [6.45, 7) is 2.37. The zero-order valence-corrected chi connectivity index (χ0v) is 19.3. The molecule has 0 saturated heterocycles. The van der Waals surface area contributed by atoms with Gasteiger partial charge in [0.05, 0.1) is 12.4 Å². The molecule has 32 heavy (non-hydrogen) atoms. The van der Waals surface area contributed by atoms with Crippen LogP contribution in [-0.4, -0.2) is 60.6 Å². The van der Waals surface area contributed by atoms with Gasteiger partial charge in [-0.1, -0.05) is 18.2 Å². The number of ether oxygens (including phenoxy) is 1. The predicted molar refractivity (Wildman–Crippen MR) is 130 cm³/mol. The maximum Gasteiger partial charge on any atom is 0.247 e. The molecule has 0 aliphatic carbocycles. The van der Waals surface area contributed by atoms with Crippen molar-refractivity contribution in [1.29, 1.82) is 5.41 Å². The van der Waals surface area contributed by atoms with E-state index in [1.807, 2.05) is 68.7 Å². The molecule has 0 bridgehead atoms. The Hall–Kier alpha value is -3.04. The zero-order valence-electron chi connectivity index (χ0n) is 18.5. The summed E-state index contributed by atoms with van der Waals surface area (Å²) in [6.07, 6.45) is 0.980. The van der Waals surface area contributed by atoms with E-state index in [9.17, 15) is 0 Å². The Balaban J connectivity index is 1.38. The third-order valence-corrected chi connectivity index (χ3v) is 5.32. The summed E-state index contributed by atoms with van der Waals surface area (Å²) in [7, 11) is 4.08. The van der Waals surface area contributed by atoms with Gasteiger partial charge in [0.25, 0.3) is 0 Å². The second-order valence-electron chi connectivity index (χ2n) is 7.38. The lowest BCUT2D eigenvalue weighted by molar-refractivity contribution is 0.344. The number of para-hydroxylation sites is 1. The predicted octanol–water partition coefficient (Wildman–Crippen LogP) is 3.94. The van der Waals surface area contributed by atoms with E-state index in [0.29, 0.717) is 24.1 Å². The third kappa shape index (κ3) is 8.24. The van der Waals surface area contributed by atoms with Gasteiger partial charge in [0.1, 0.15) is 5.75 Å². The van der Waals surface area contributed by atoms with E-state index in [0.717, 1.165) is 42.3 Å². The molecule has 1 aromatic heterocycles. The van der Waals surface area contributed by atoms with E-state index in [4.69, 9.17) is 14.6 Å². The van der Waals surface area contributed by atoms with Crippen LogP contribution in [-0.2, 0) is 5.75 Å². The lowest BCUT2D eigenvalue weighted by Crippen LogP contribution is -2.31. The summed E-state index contributed by atoms with van der Waals surface area (Å²) in [6, 6.07) is 17.4. The number of rotatable bonds is 12. The minimum atomic E-state index is 0.282. The molecular formula is C23H30N6O2S. The minimum Gasteiger partial charge on any atom is -0.493 e. The van der Waals surface area contributed by atoms with Crippen LogP contribution >= 0.6 is 11.8 Å². The van der Waals surface area contributed by atoms with Crippen LogP contribution in [0.4, 0.5) is 5.69 Å². The van der Waals surface area contributed by atoms with Gasteiger partial charge in [0, 0.05) is 23.5 Å². The van der Waals surface area contributed by atoms with Crippen LogP contribution in [0.15, 0.2) is 59.0 Å². The Kier molecular flexibility index (Phi) is 9.39. The van der Waals surface area contributed by atoms with Gasteiger partial charge in [-0.3, -0.25) is 5.41 Å². The van der Waals surface area contributed by atoms with E-state index in [-0.39, 0.29) is 5.96 Å². The van der Waals surface area contributed by atoms with Gasteiger partial charge in [-0.25, -0.2) is 0 Å². The standard InChI is InChI=1S/C23H30N6O2S/c1-29(2)14-6-13-25-23(24)26-19-11-9-18(10-12-19)22-28-27-21(31-22)17-32-16-15-30-20-7-4-3-5-8-20/h3-5,7-12H,6,13-17H2,1-2H3,(H3,24,25,26). The Labute approximate surface area is 193 Å². The highest BCUT2D eigenvalue weighted by atomic mass is 32.2. The molecule has 1 heterocycles. The van der Waals surface area contributed by atoms with Gasteiger partial charge in [-0.2, -0.15) is 0 Å². The second-order valence-corrected chi connectivity index (χ2v) is 8.48. The van der Waals surface area contributed by atoms with E-state index in [1.54, 1.807) is 11.8 Å². The largest absolute Gasteiger partial charge is 0.493 e. The maximum absolute atomic E-state index is 7.99. The summed E-state index contributed by atoms with van der Waals surface area (Å²) >= 11 is 1.69. The Morgan fingerprint density at radius 1 is 1.09 bits per heavy atom.